The Morgan fingerprint density at radius 3 is 1.60 bits per heavy atom. The van der Waals surface area contributed by atoms with Gasteiger partial charge in [0, 0.05) is 43.7 Å². The smallest absolute Gasteiger partial charge is 0.334 e. The summed E-state index contributed by atoms with van der Waals surface area (Å²) in [6.45, 7) is 18.8. The molecule has 25 heavy (non-hydrogen) atoms. The molecular weight excluding hydrogens is 395 g/mol. The first-order valence-corrected chi connectivity index (χ1v) is 8.24. The minimum atomic E-state index is -1.22. The maximum absolute atomic E-state index is 12.6. The van der Waals surface area contributed by atoms with Crippen LogP contribution in [0, 0.1) is 5.41 Å². The Bertz CT molecular complexity index is 536. The van der Waals surface area contributed by atoms with E-state index in [1.165, 1.54) is 0 Å². The third-order valence-electron chi connectivity index (χ3n) is 5.32. The third kappa shape index (κ3) is 6.44. The first-order valence-electron chi connectivity index (χ1n) is 8.24. The summed E-state index contributed by atoms with van der Waals surface area (Å²) in [5.41, 5.74) is -2.80. The predicted molar refractivity (Wildman–Crippen MR) is 96.7 cm³/mol. The molecule has 1 radical (unpaired) electrons. The van der Waals surface area contributed by atoms with Crippen LogP contribution in [0.25, 0.3) is 5.32 Å². The molecule has 1 N–H and O–H groups in total. The van der Waals surface area contributed by atoms with Gasteiger partial charge < -0.3 is 20.0 Å². The molecule has 0 saturated carbocycles. The Morgan fingerprint density at radius 1 is 0.880 bits per heavy atom. The van der Waals surface area contributed by atoms with Crippen LogP contribution in [-0.4, -0.2) is 33.7 Å². The second-order valence-electron chi connectivity index (χ2n) is 8.68. The second kappa shape index (κ2) is 8.62. The summed E-state index contributed by atoms with van der Waals surface area (Å²) in [6, 6.07) is 0. The topological polar surface area (TPSA) is 77.7 Å². The molecule has 0 aliphatic heterocycles. The molecule has 0 saturated heterocycles. The van der Waals surface area contributed by atoms with Crippen molar-refractivity contribution in [1.82, 2.24) is 0 Å². The van der Waals surface area contributed by atoms with Gasteiger partial charge in [-0.3, -0.25) is 0 Å². The summed E-state index contributed by atoms with van der Waals surface area (Å²) in [4.78, 5) is 24.9. The summed E-state index contributed by atoms with van der Waals surface area (Å²) in [5, 5.41) is 14.5. The van der Waals surface area contributed by atoms with Crippen LogP contribution >= 0.6 is 0 Å². The van der Waals surface area contributed by atoms with E-state index in [0.717, 1.165) is 5.57 Å². The van der Waals surface area contributed by atoms with Crippen molar-refractivity contribution in [2.45, 2.75) is 92.9 Å². The second-order valence-corrected chi connectivity index (χ2v) is 8.68. The van der Waals surface area contributed by atoms with Crippen molar-refractivity contribution in [2.75, 3.05) is 0 Å². The number of amides is 1. The number of carbonyl (C=O) groups is 2. The molecule has 6 heteroatoms. The fourth-order valence-electron chi connectivity index (χ4n) is 1.43. The van der Waals surface area contributed by atoms with Crippen molar-refractivity contribution in [3.05, 3.63) is 16.5 Å². The van der Waals surface area contributed by atoms with Gasteiger partial charge >= 0.3 is 5.97 Å². The number of hydrogen-bond acceptors (Lipinski definition) is 4. The van der Waals surface area contributed by atoms with E-state index >= 15 is 0 Å². The molecule has 0 aromatic rings. The fraction of sp³-hybridized carbons (Fsp3) is 0.789. The largest absolute Gasteiger partial charge is 0.645 e. The zero-order valence-electron chi connectivity index (χ0n) is 17.7. The molecule has 5 nitrogen and oxygen atoms in total. The van der Waals surface area contributed by atoms with E-state index in [1.54, 1.807) is 62.3 Å². The average molecular weight is 429 g/mol. The number of rotatable bonds is 6. The molecule has 0 bridgehead atoms. The zero-order valence-corrected chi connectivity index (χ0v) is 20.5. The number of allylic oxidation sites excluding steroid dienone is 1. The molecule has 0 atom stereocenters. The Morgan fingerprint density at radius 2 is 1.28 bits per heavy atom. The molecule has 0 aliphatic carbocycles. The fourth-order valence-corrected chi connectivity index (χ4v) is 1.43. The molecule has 143 valence electrons. The predicted octanol–water partition coefficient (Wildman–Crippen LogP) is 4.14. The van der Waals surface area contributed by atoms with Crippen molar-refractivity contribution < 1.29 is 52.1 Å². The van der Waals surface area contributed by atoms with Crippen LogP contribution in [0.2, 0.25) is 0 Å². The summed E-state index contributed by atoms with van der Waals surface area (Å²) in [5.74, 6) is -0.847. The van der Waals surface area contributed by atoms with Gasteiger partial charge in [-0.05, 0) is 48.5 Å². The van der Waals surface area contributed by atoms with E-state index < -0.39 is 34.0 Å². The zero-order chi connectivity index (χ0) is 19.7. The van der Waals surface area contributed by atoms with Gasteiger partial charge in [-0.2, -0.15) is 0 Å². The summed E-state index contributed by atoms with van der Waals surface area (Å²) in [7, 11) is 0. The van der Waals surface area contributed by atoms with Gasteiger partial charge in [0.05, 0.1) is 17.1 Å². The van der Waals surface area contributed by atoms with E-state index in [2.05, 4.69) is 5.32 Å². The number of ether oxygens (including phenoxy) is 1. The number of carbonyl (C=O) groups excluding carboxylic acids is 2. The minimum Gasteiger partial charge on any atom is -0.645 e. The van der Waals surface area contributed by atoms with Gasteiger partial charge in [0.15, 0.2) is 0 Å². The molecule has 0 heterocycles. The number of aliphatic hydroxyl groups is 1. The van der Waals surface area contributed by atoms with Crippen LogP contribution in [0.3, 0.4) is 0 Å². The van der Waals surface area contributed by atoms with Gasteiger partial charge in [0.25, 0.3) is 0 Å². The molecule has 0 unspecified atom stereocenters. The first-order chi connectivity index (χ1) is 10.4. The van der Waals surface area contributed by atoms with Crippen molar-refractivity contribution in [2.24, 2.45) is 5.41 Å². The van der Waals surface area contributed by atoms with Crippen molar-refractivity contribution >= 4 is 11.9 Å². The normalized spacial score (nSPS) is 12.8. The van der Waals surface area contributed by atoms with E-state index in [9.17, 15) is 14.7 Å². The molecule has 0 aromatic heterocycles. The van der Waals surface area contributed by atoms with E-state index in [-0.39, 0.29) is 32.7 Å². The van der Waals surface area contributed by atoms with Gasteiger partial charge in [-0.1, -0.05) is 38.8 Å². The van der Waals surface area contributed by atoms with Gasteiger partial charge in [-0.25, -0.2) is 4.79 Å². The summed E-state index contributed by atoms with van der Waals surface area (Å²) < 4.78 is 5.62. The molecule has 0 spiro atoms. The standard InChI is InChI=1S/C19H35NO4.Y/c1-12(2)13(3)14(21)24-19(10,11)17(6,7)20-15(22)16(4,5)18(8,9)23;/h23H,1-11H3,(H,20,22);/p-1. The molecule has 1 amide bonds. The Hall–Kier alpha value is -0.256. The Labute approximate surface area is 178 Å². The van der Waals surface area contributed by atoms with Gasteiger partial charge in [0.2, 0.25) is 0 Å². The monoisotopic (exact) mass is 429 g/mol. The van der Waals surface area contributed by atoms with E-state index in [1.807, 2.05) is 13.8 Å². The first kappa shape index (κ1) is 27.0. The maximum atomic E-state index is 12.6. The van der Waals surface area contributed by atoms with E-state index in [0.29, 0.717) is 5.57 Å². The maximum Gasteiger partial charge on any atom is 0.334 e. The number of esters is 1. The number of nitrogens with zero attached hydrogens (tertiary/aromatic N) is 1. The summed E-state index contributed by atoms with van der Waals surface area (Å²) >= 11 is 0. The molecule has 0 aliphatic rings. The molecule has 0 rings (SSSR count). The van der Waals surface area contributed by atoms with Crippen LogP contribution in [0.4, 0.5) is 0 Å². The van der Waals surface area contributed by atoms with Crippen LogP contribution in [0.15, 0.2) is 11.1 Å². The molecule has 0 aromatic carbocycles. The third-order valence-corrected chi connectivity index (χ3v) is 5.32. The van der Waals surface area contributed by atoms with Crippen molar-refractivity contribution in [3.8, 4) is 0 Å². The van der Waals surface area contributed by atoms with Crippen molar-refractivity contribution in [3.63, 3.8) is 0 Å². The average Bonchev–Trinajstić information content (AvgIpc) is 2.34. The van der Waals surface area contributed by atoms with Crippen LogP contribution in [-0.2, 0) is 47.0 Å². The van der Waals surface area contributed by atoms with Crippen molar-refractivity contribution in [1.29, 1.82) is 0 Å². The quantitative estimate of drug-likeness (QED) is 0.509. The van der Waals surface area contributed by atoms with Crippen LogP contribution < -0.4 is 0 Å². The van der Waals surface area contributed by atoms with E-state index in [4.69, 9.17) is 4.74 Å². The Kier molecular flexibility index (Phi) is 9.30. The SMILES string of the molecule is CC(C)=C(C)C(=O)OC(C)(C)C(C)(C)[N-]C(=O)C(C)(C)C(C)(C)O.[Y]. The van der Waals surface area contributed by atoms with Crippen LogP contribution in [0.1, 0.15) is 76.2 Å². The van der Waals surface area contributed by atoms with Gasteiger partial charge in [-0.15, -0.1) is 0 Å². The molecular formula is C19H34NO4Y-. The Balaban J connectivity index is 0. The van der Waals surface area contributed by atoms with Crippen LogP contribution in [0.5, 0.6) is 0 Å². The minimum absolute atomic E-state index is 0. The molecule has 0 fully saturated rings. The van der Waals surface area contributed by atoms with Gasteiger partial charge in [0.1, 0.15) is 0 Å². The summed E-state index contributed by atoms with van der Waals surface area (Å²) in [6.07, 6.45) is 0. The number of hydrogen-bond donors (Lipinski definition) is 1.